The molecule has 1 aromatic heterocycles. The SMILES string of the molecule is C=CCC(O)Cc1ncnn1CC(C)C. The Kier molecular flexibility index (Phi) is 4.49. The summed E-state index contributed by atoms with van der Waals surface area (Å²) < 4.78 is 1.86. The van der Waals surface area contributed by atoms with Crippen LogP contribution in [0.3, 0.4) is 0 Å². The van der Waals surface area contributed by atoms with Crippen molar-refractivity contribution in [3.63, 3.8) is 0 Å². The first-order valence-corrected chi connectivity index (χ1v) is 5.29. The summed E-state index contributed by atoms with van der Waals surface area (Å²) in [6.07, 6.45) is 3.98. The Labute approximate surface area is 90.6 Å². The van der Waals surface area contributed by atoms with Crippen LogP contribution >= 0.6 is 0 Å². The highest BCUT2D eigenvalue weighted by Crippen LogP contribution is 2.06. The summed E-state index contributed by atoms with van der Waals surface area (Å²) >= 11 is 0. The molecule has 0 aliphatic heterocycles. The largest absolute Gasteiger partial charge is 0.392 e. The molecule has 0 aromatic carbocycles. The smallest absolute Gasteiger partial charge is 0.138 e. The number of nitrogens with zero attached hydrogens (tertiary/aromatic N) is 3. The minimum Gasteiger partial charge on any atom is -0.392 e. The third kappa shape index (κ3) is 3.83. The van der Waals surface area contributed by atoms with Gasteiger partial charge in [0.25, 0.3) is 0 Å². The molecular formula is C11H19N3O. The van der Waals surface area contributed by atoms with Gasteiger partial charge in [0.15, 0.2) is 0 Å². The molecule has 0 aliphatic rings. The second-order valence-electron chi connectivity index (χ2n) is 4.13. The lowest BCUT2D eigenvalue weighted by molar-refractivity contribution is 0.173. The van der Waals surface area contributed by atoms with E-state index < -0.39 is 6.10 Å². The van der Waals surface area contributed by atoms with Crippen LogP contribution in [-0.4, -0.2) is 26.0 Å². The standard InChI is InChI=1S/C11H19N3O/c1-4-5-10(15)6-11-12-8-13-14(11)7-9(2)3/h4,8-10,15H,1,5-7H2,2-3H3. The number of aliphatic hydroxyl groups is 1. The maximum atomic E-state index is 9.63. The van der Waals surface area contributed by atoms with E-state index in [1.54, 1.807) is 12.4 Å². The molecule has 4 heteroatoms. The first kappa shape index (κ1) is 11.9. The van der Waals surface area contributed by atoms with Gasteiger partial charge < -0.3 is 5.11 Å². The minimum atomic E-state index is -0.405. The van der Waals surface area contributed by atoms with E-state index in [-0.39, 0.29) is 0 Å². The lowest BCUT2D eigenvalue weighted by atomic mass is 10.1. The number of aliphatic hydroxyl groups excluding tert-OH is 1. The van der Waals surface area contributed by atoms with Crippen LogP contribution in [0.2, 0.25) is 0 Å². The monoisotopic (exact) mass is 209 g/mol. The molecule has 1 atom stereocenters. The van der Waals surface area contributed by atoms with E-state index in [9.17, 15) is 5.11 Å². The fourth-order valence-corrected chi connectivity index (χ4v) is 1.43. The van der Waals surface area contributed by atoms with Gasteiger partial charge in [0.1, 0.15) is 12.2 Å². The van der Waals surface area contributed by atoms with Crippen LogP contribution < -0.4 is 0 Å². The average molecular weight is 209 g/mol. The molecule has 0 saturated carbocycles. The summed E-state index contributed by atoms with van der Waals surface area (Å²) in [5.41, 5.74) is 0. The van der Waals surface area contributed by atoms with E-state index in [1.165, 1.54) is 0 Å². The van der Waals surface area contributed by atoms with E-state index in [2.05, 4.69) is 30.5 Å². The predicted molar refractivity (Wildman–Crippen MR) is 59.4 cm³/mol. The van der Waals surface area contributed by atoms with Gasteiger partial charge in [-0.15, -0.1) is 6.58 Å². The molecule has 0 amide bonds. The Bertz CT molecular complexity index is 307. The Balaban J connectivity index is 2.60. The minimum absolute atomic E-state index is 0.405. The zero-order chi connectivity index (χ0) is 11.3. The van der Waals surface area contributed by atoms with Gasteiger partial charge in [0, 0.05) is 13.0 Å². The first-order chi connectivity index (χ1) is 7.13. The van der Waals surface area contributed by atoms with Crippen LogP contribution in [0, 0.1) is 5.92 Å². The van der Waals surface area contributed by atoms with E-state index in [0.717, 1.165) is 12.4 Å². The molecule has 0 aliphatic carbocycles. The van der Waals surface area contributed by atoms with Gasteiger partial charge in [-0.05, 0) is 12.3 Å². The van der Waals surface area contributed by atoms with Crippen molar-refractivity contribution in [2.24, 2.45) is 5.92 Å². The zero-order valence-electron chi connectivity index (χ0n) is 9.43. The van der Waals surface area contributed by atoms with Gasteiger partial charge in [0.2, 0.25) is 0 Å². The normalized spacial score (nSPS) is 13.1. The molecule has 1 aromatic rings. The second-order valence-corrected chi connectivity index (χ2v) is 4.13. The highest BCUT2D eigenvalue weighted by atomic mass is 16.3. The van der Waals surface area contributed by atoms with Crippen molar-refractivity contribution in [1.82, 2.24) is 14.8 Å². The highest BCUT2D eigenvalue weighted by Gasteiger charge is 2.10. The molecule has 1 rings (SSSR count). The maximum Gasteiger partial charge on any atom is 0.138 e. The van der Waals surface area contributed by atoms with Crippen LogP contribution in [0.4, 0.5) is 0 Å². The number of rotatable bonds is 6. The van der Waals surface area contributed by atoms with Crippen molar-refractivity contribution in [1.29, 1.82) is 0 Å². The summed E-state index contributed by atoms with van der Waals surface area (Å²) in [6, 6.07) is 0. The first-order valence-electron chi connectivity index (χ1n) is 5.29. The molecule has 84 valence electrons. The Hall–Kier alpha value is -1.16. The number of aromatic nitrogens is 3. The van der Waals surface area contributed by atoms with E-state index in [4.69, 9.17) is 0 Å². The summed E-state index contributed by atoms with van der Waals surface area (Å²) in [5.74, 6) is 1.38. The van der Waals surface area contributed by atoms with Gasteiger partial charge in [-0.2, -0.15) is 5.10 Å². The van der Waals surface area contributed by atoms with Crippen molar-refractivity contribution in [2.75, 3.05) is 0 Å². The van der Waals surface area contributed by atoms with Gasteiger partial charge in [0.05, 0.1) is 6.10 Å². The second kappa shape index (κ2) is 5.66. The topological polar surface area (TPSA) is 50.9 Å². The van der Waals surface area contributed by atoms with E-state index in [0.29, 0.717) is 18.8 Å². The van der Waals surface area contributed by atoms with Crippen molar-refractivity contribution in [3.8, 4) is 0 Å². The number of hydrogen-bond donors (Lipinski definition) is 1. The molecule has 1 N–H and O–H groups in total. The van der Waals surface area contributed by atoms with Crippen LogP contribution in [-0.2, 0) is 13.0 Å². The van der Waals surface area contributed by atoms with Crippen LogP contribution in [0.15, 0.2) is 19.0 Å². The molecule has 0 bridgehead atoms. The Morgan fingerprint density at radius 1 is 1.60 bits per heavy atom. The molecule has 15 heavy (non-hydrogen) atoms. The van der Waals surface area contributed by atoms with Crippen molar-refractivity contribution in [2.45, 2.75) is 39.3 Å². The average Bonchev–Trinajstić information content (AvgIpc) is 2.52. The predicted octanol–water partition coefficient (Wildman–Crippen LogP) is 1.41. The van der Waals surface area contributed by atoms with Gasteiger partial charge in [-0.25, -0.2) is 9.67 Å². The summed E-state index contributed by atoms with van der Waals surface area (Å²) in [4.78, 5) is 4.15. The van der Waals surface area contributed by atoms with Crippen molar-refractivity contribution >= 4 is 0 Å². The summed E-state index contributed by atoms with van der Waals surface area (Å²) in [7, 11) is 0. The molecule has 1 heterocycles. The lowest BCUT2D eigenvalue weighted by Gasteiger charge is -2.10. The fourth-order valence-electron chi connectivity index (χ4n) is 1.43. The fraction of sp³-hybridized carbons (Fsp3) is 0.636. The van der Waals surface area contributed by atoms with Gasteiger partial charge >= 0.3 is 0 Å². The quantitative estimate of drug-likeness (QED) is 0.721. The molecule has 0 spiro atoms. The van der Waals surface area contributed by atoms with Gasteiger partial charge in [-0.1, -0.05) is 19.9 Å². The number of hydrogen-bond acceptors (Lipinski definition) is 3. The lowest BCUT2D eigenvalue weighted by Crippen LogP contribution is -2.16. The van der Waals surface area contributed by atoms with Crippen LogP contribution in [0.25, 0.3) is 0 Å². The van der Waals surface area contributed by atoms with Crippen LogP contribution in [0.1, 0.15) is 26.1 Å². The Morgan fingerprint density at radius 2 is 2.33 bits per heavy atom. The highest BCUT2D eigenvalue weighted by molar-refractivity contribution is 4.89. The molecular weight excluding hydrogens is 190 g/mol. The zero-order valence-corrected chi connectivity index (χ0v) is 9.43. The maximum absolute atomic E-state index is 9.63. The molecule has 0 saturated heterocycles. The molecule has 1 unspecified atom stereocenters. The third-order valence-corrected chi connectivity index (χ3v) is 2.09. The summed E-state index contributed by atoms with van der Waals surface area (Å²) in [6.45, 7) is 8.70. The molecule has 0 radical (unpaired) electrons. The van der Waals surface area contributed by atoms with Crippen molar-refractivity contribution < 1.29 is 5.11 Å². The molecule has 0 fully saturated rings. The third-order valence-electron chi connectivity index (χ3n) is 2.09. The van der Waals surface area contributed by atoms with Gasteiger partial charge in [-0.3, -0.25) is 0 Å². The molecule has 4 nitrogen and oxygen atoms in total. The van der Waals surface area contributed by atoms with E-state index in [1.807, 2.05) is 4.68 Å². The van der Waals surface area contributed by atoms with Crippen LogP contribution in [0.5, 0.6) is 0 Å². The van der Waals surface area contributed by atoms with E-state index >= 15 is 0 Å². The van der Waals surface area contributed by atoms with Crippen molar-refractivity contribution in [3.05, 3.63) is 24.8 Å². The Morgan fingerprint density at radius 3 is 2.93 bits per heavy atom. The summed E-state index contributed by atoms with van der Waals surface area (Å²) in [5, 5.41) is 13.8.